The summed E-state index contributed by atoms with van der Waals surface area (Å²) in [4.78, 5) is 35.3. The largest absolute Gasteiger partial charge is 0.472 e. The Bertz CT molecular complexity index is 1550. The lowest BCUT2D eigenvalue weighted by Crippen LogP contribution is -2.37. The maximum Gasteiger partial charge on any atom is 0.472 e. The van der Waals surface area contributed by atoms with Crippen LogP contribution in [0.4, 0.5) is 0 Å². The Morgan fingerprint density at radius 2 is 0.806 bits per heavy atom. The first-order valence-corrected chi connectivity index (χ1v) is 24.1. The zero-order valence-electron chi connectivity index (χ0n) is 38.8. The van der Waals surface area contributed by atoms with E-state index in [9.17, 15) is 19.0 Å². The summed E-state index contributed by atoms with van der Waals surface area (Å²) in [5, 5.41) is 0. The molecule has 0 heterocycles. The van der Waals surface area contributed by atoms with E-state index >= 15 is 0 Å². The molecule has 9 nitrogen and oxygen atoms in total. The van der Waals surface area contributed by atoms with Crippen LogP contribution in [0.3, 0.4) is 0 Å². The number of ether oxygens (including phenoxy) is 2. The van der Waals surface area contributed by atoms with Crippen molar-refractivity contribution >= 4 is 19.8 Å². The average Bonchev–Trinajstić information content (AvgIpc) is 3.23. The molecule has 0 radical (unpaired) electrons. The van der Waals surface area contributed by atoms with E-state index in [1.807, 2.05) is 45.4 Å². The van der Waals surface area contributed by atoms with Gasteiger partial charge in [0, 0.05) is 12.8 Å². The van der Waals surface area contributed by atoms with Crippen LogP contribution in [0.1, 0.15) is 117 Å². The molecule has 0 aromatic rings. The lowest BCUT2D eigenvalue weighted by molar-refractivity contribution is -0.870. The molecule has 0 fully saturated rings. The summed E-state index contributed by atoms with van der Waals surface area (Å²) in [6.07, 6.45) is 62.2. The lowest BCUT2D eigenvalue weighted by atomic mass is 10.2. The highest BCUT2D eigenvalue weighted by molar-refractivity contribution is 7.47. The highest BCUT2D eigenvalue weighted by atomic mass is 31.2. The molecule has 1 N–H and O–H groups in total. The van der Waals surface area contributed by atoms with Gasteiger partial charge in [0.05, 0.1) is 27.7 Å². The molecular formula is C52H81NO8P+. The third-order valence-corrected chi connectivity index (χ3v) is 9.38. The molecule has 10 heteroatoms. The number of hydrogen-bond donors (Lipinski definition) is 1. The number of nitrogens with zero attached hydrogens (tertiary/aromatic N) is 1. The summed E-state index contributed by atoms with van der Waals surface area (Å²) in [6, 6.07) is 0. The van der Waals surface area contributed by atoms with Crippen LogP contribution in [0, 0.1) is 0 Å². The molecule has 0 saturated carbocycles. The number of allylic oxidation sites excluding steroid dienone is 24. The van der Waals surface area contributed by atoms with Crippen molar-refractivity contribution in [1.29, 1.82) is 0 Å². The van der Waals surface area contributed by atoms with Gasteiger partial charge in [-0.15, -0.1) is 0 Å². The number of quaternary nitrogens is 1. The summed E-state index contributed by atoms with van der Waals surface area (Å²) >= 11 is 0. The number of esters is 2. The van der Waals surface area contributed by atoms with Gasteiger partial charge in [-0.2, -0.15) is 0 Å². The highest BCUT2D eigenvalue weighted by Gasteiger charge is 2.27. The number of carbonyl (C=O) groups is 2. The van der Waals surface area contributed by atoms with E-state index in [4.69, 9.17) is 18.5 Å². The fourth-order valence-electron chi connectivity index (χ4n) is 4.95. The second-order valence-electron chi connectivity index (χ2n) is 15.3. The summed E-state index contributed by atoms with van der Waals surface area (Å²) in [5.74, 6) is -1.01. The molecule has 0 aliphatic carbocycles. The number of carbonyl (C=O) groups excluding carboxylic acids is 2. The molecule has 0 bridgehead atoms. The van der Waals surface area contributed by atoms with E-state index in [0.717, 1.165) is 77.0 Å². The fraction of sp³-hybridized carbons (Fsp3) is 0.500. The molecule has 346 valence electrons. The zero-order valence-corrected chi connectivity index (χ0v) is 39.7. The van der Waals surface area contributed by atoms with Gasteiger partial charge in [0.25, 0.3) is 0 Å². The van der Waals surface area contributed by atoms with E-state index < -0.39 is 32.5 Å². The van der Waals surface area contributed by atoms with Crippen LogP contribution in [-0.2, 0) is 32.7 Å². The van der Waals surface area contributed by atoms with Crippen LogP contribution >= 0.6 is 7.82 Å². The SMILES string of the molecule is CC/C=C/C/C=C/C/C=C/C/C=C/C/C=C/C/C=C/CCC(=O)OC[C@H](COP(=O)(O)OCC[N+](C)(C)C)OC(=O)CC/C=C/C/C=C/C/C=C/C/C=C/C/C=C/C/C=C/CC. The van der Waals surface area contributed by atoms with Gasteiger partial charge in [-0.25, -0.2) is 4.57 Å². The summed E-state index contributed by atoms with van der Waals surface area (Å²) in [6.45, 7) is 3.97. The Morgan fingerprint density at radius 1 is 0.484 bits per heavy atom. The van der Waals surface area contributed by atoms with Crippen LogP contribution in [0.25, 0.3) is 0 Å². The second-order valence-corrected chi connectivity index (χ2v) is 16.8. The van der Waals surface area contributed by atoms with E-state index in [0.29, 0.717) is 23.9 Å². The van der Waals surface area contributed by atoms with Gasteiger partial charge in [0.1, 0.15) is 19.8 Å². The van der Waals surface area contributed by atoms with Crippen molar-refractivity contribution in [1.82, 2.24) is 0 Å². The van der Waals surface area contributed by atoms with Gasteiger partial charge in [-0.1, -0.05) is 160 Å². The maximum absolute atomic E-state index is 12.7. The van der Waals surface area contributed by atoms with Gasteiger partial charge in [-0.3, -0.25) is 18.6 Å². The topological polar surface area (TPSA) is 108 Å². The molecule has 0 spiro atoms. The van der Waals surface area contributed by atoms with E-state index in [1.54, 1.807) is 0 Å². The lowest BCUT2D eigenvalue weighted by Gasteiger charge is -2.24. The van der Waals surface area contributed by atoms with Crippen LogP contribution in [0.5, 0.6) is 0 Å². The number of likely N-dealkylation sites (N-methyl/N-ethyl adjacent to an activating group) is 1. The van der Waals surface area contributed by atoms with Crippen molar-refractivity contribution in [3.8, 4) is 0 Å². The molecule has 0 aliphatic heterocycles. The van der Waals surface area contributed by atoms with E-state index in [1.165, 1.54) is 0 Å². The average molecular weight is 879 g/mol. The third-order valence-electron chi connectivity index (χ3n) is 8.39. The first-order chi connectivity index (χ1) is 30.0. The Morgan fingerprint density at radius 3 is 1.15 bits per heavy atom. The van der Waals surface area contributed by atoms with Gasteiger partial charge in [0.15, 0.2) is 6.10 Å². The predicted octanol–water partition coefficient (Wildman–Crippen LogP) is 13.2. The fourth-order valence-corrected chi connectivity index (χ4v) is 5.69. The Labute approximate surface area is 376 Å². The molecule has 0 aliphatic rings. The van der Waals surface area contributed by atoms with Crippen molar-refractivity contribution in [3.63, 3.8) is 0 Å². The molecule has 0 aromatic carbocycles. The zero-order chi connectivity index (χ0) is 45.7. The molecule has 0 saturated heterocycles. The van der Waals surface area contributed by atoms with Crippen molar-refractivity contribution < 1.29 is 42.1 Å². The Kier molecular flexibility index (Phi) is 39.4. The predicted molar refractivity (Wildman–Crippen MR) is 260 cm³/mol. The maximum atomic E-state index is 12.7. The Balaban J connectivity index is 4.63. The summed E-state index contributed by atoms with van der Waals surface area (Å²) in [7, 11) is 1.36. The molecule has 0 amide bonds. The van der Waals surface area contributed by atoms with Crippen LogP contribution in [0.2, 0.25) is 0 Å². The van der Waals surface area contributed by atoms with E-state index in [2.05, 4.69) is 135 Å². The van der Waals surface area contributed by atoms with Crippen molar-refractivity contribution in [2.75, 3.05) is 47.5 Å². The standard InChI is InChI=1S/C52H80NO8P/c1-6-8-10-12-14-16-18-20-22-24-26-28-30-32-34-36-38-40-42-44-51(54)58-48-50(49-60-62(56,57)59-47-46-53(3,4)5)61-52(55)45-43-41-39-37-35-33-31-29-27-25-23-21-19-17-15-13-11-9-7-2/h8-11,14-17,20-23,26-29,32-35,38-41,50H,6-7,12-13,18-19,24-25,30-31,36-37,42-49H2,1-5H3/p+1/b10-8+,11-9+,16-14+,17-15+,22-20+,23-21+,28-26+,29-27+,34-32+,35-33+,40-38+,41-39+/t50-/m1/s1. The van der Waals surface area contributed by atoms with Crippen molar-refractivity contribution in [3.05, 3.63) is 146 Å². The summed E-state index contributed by atoms with van der Waals surface area (Å²) < 4.78 is 34.1. The van der Waals surface area contributed by atoms with Crippen LogP contribution < -0.4 is 0 Å². The van der Waals surface area contributed by atoms with Gasteiger partial charge in [0.2, 0.25) is 0 Å². The molecule has 1 unspecified atom stereocenters. The van der Waals surface area contributed by atoms with Crippen molar-refractivity contribution in [2.45, 2.75) is 123 Å². The monoisotopic (exact) mass is 879 g/mol. The molecular weight excluding hydrogens is 798 g/mol. The highest BCUT2D eigenvalue weighted by Crippen LogP contribution is 2.43. The number of phosphoric acid groups is 1. The Hall–Kier alpha value is -4.11. The molecule has 62 heavy (non-hydrogen) atoms. The normalized spacial score (nSPS) is 14.9. The van der Waals surface area contributed by atoms with Crippen LogP contribution in [0.15, 0.2) is 146 Å². The quantitative estimate of drug-likeness (QED) is 0.0283. The van der Waals surface area contributed by atoms with E-state index in [-0.39, 0.29) is 26.1 Å². The molecule has 2 atom stereocenters. The number of phosphoric ester groups is 1. The van der Waals surface area contributed by atoms with Crippen LogP contribution in [-0.4, -0.2) is 74.9 Å². The number of hydrogen-bond acceptors (Lipinski definition) is 7. The first kappa shape index (κ1) is 57.9. The van der Waals surface area contributed by atoms with Crippen molar-refractivity contribution in [2.24, 2.45) is 0 Å². The molecule has 0 aromatic heterocycles. The third kappa shape index (κ3) is 45.4. The second kappa shape index (κ2) is 42.2. The smallest absolute Gasteiger partial charge is 0.462 e. The molecule has 0 rings (SSSR count). The van der Waals surface area contributed by atoms with Gasteiger partial charge in [-0.05, 0) is 89.9 Å². The summed E-state index contributed by atoms with van der Waals surface area (Å²) in [5.41, 5.74) is 0. The minimum absolute atomic E-state index is 0.00271. The minimum Gasteiger partial charge on any atom is -0.462 e. The minimum atomic E-state index is -4.43. The number of rotatable bonds is 38. The van der Waals surface area contributed by atoms with Gasteiger partial charge < -0.3 is 18.9 Å². The first-order valence-electron chi connectivity index (χ1n) is 22.6. The van der Waals surface area contributed by atoms with Gasteiger partial charge >= 0.3 is 19.8 Å².